The number of thiophene rings is 1. The number of hydrogen-bond acceptors (Lipinski definition) is 10. The van der Waals surface area contributed by atoms with Gasteiger partial charge in [-0.25, -0.2) is 14.0 Å². The van der Waals surface area contributed by atoms with Gasteiger partial charge in [-0.2, -0.15) is 0 Å². The molecule has 0 aliphatic rings. The van der Waals surface area contributed by atoms with E-state index in [9.17, 15) is 14.2 Å². The van der Waals surface area contributed by atoms with Crippen LogP contribution in [0.1, 0.15) is 39.2 Å². The van der Waals surface area contributed by atoms with Gasteiger partial charge < -0.3 is 18.9 Å². The first-order valence-electron chi connectivity index (χ1n) is 9.27. The molecule has 0 saturated heterocycles. The molecule has 2 rings (SSSR count). The van der Waals surface area contributed by atoms with Gasteiger partial charge in [0.2, 0.25) is 19.5 Å². The molecule has 12 heteroatoms. The fraction of sp³-hybridized carbons (Fsp3) is 0.474. The summed E-state index contributed by atoms with van der Waals surface area (Å²) in [6, 6.07) is 6.38. The van der Waals surface area contributed by atoms with Crippen LogP contribution in [0.5, 0.6) is 0 Å². The molecule has 1 atom stereocenters. The van der Waals surface area contributed by atoms with Gasteiger partial charge in [0.1, 0.15) is 0 Å². The maximum atomic E-state index is 15.2. The Hall–Kier alpha value is -2.20. The lowest BCUT2D eigenvalue weighted by Crippen LogP contribution is -2.17. The van der Waals surface area contributed by atoms with Crippen molar-refractivity contribution in [3.63, 3.8) is 0 Å². The molecule has 1 aromatic carbocycles. The normalized spacial score (nSPS) is 12.7. The molecule has 9 nitrogen and oxygen atoms in total. The van der Waals surface area contributed by atoms with Crippen LogP contribution < -0.4 is 0 Å². The number of rotatable bonds is 10. The van der Waals surface area contributed by atoms with Crippen LogP contribution in [-0.4, -0.2) is 38.1 Å². The average molecular weight is 478 g/mol. The van der Waals surface area contributed by atoms with Crippen molar-refractivity contribution in [2.45, 2.75) is 45.8 Å². The van der Waals surface area contributed by atoms with Crippen LogP contribution in [0.3, 0.4) is 0 Å². The summed E-state index contributed by atoms with van der Waals surface area (Å²) < 4.78 is 58.0. The van der Waals surface area contributed by atoms with Crippen LogP contribution in [0.15, 0.2) is 29.6 Å². The molecule has 0 N–H and O–H groups in total. The first-order chi connectivity index (χ1) is 14.6. The van der Waals surface area contributed by atoms with Crippen molar-refractivity contribution in [3.05, 3.63) is 35.2 Å². The van der Waals surface area contributed by atoms with E-state index in [2.05, 4.69) is 9.47 Å². The first kappa shape index (κ1) is 25.1. The molecule has 0 spiro atoms. The predicted octanol–water partition coefficient (Wildman–Crippen LogP) is 6.13. The summed E-state index contributed by atoms with van der Waals surface area (Å²) in [7, 11) is -4.60. The fourth-order valence-electron chi connectivity index (χ4n) is 2.23. The van der Waals surface area contributed by atoms with Gasteiger partial charge >= 0.3 is 19.9 Å². The molecule has 0 fully saturated rings. The number of carbonyl (C=O) groups is 2. The number of hydrogen-bond donors (Lipinski definition) is 0. The lowest BCUT2D eigenvalue weighted by atomic mass is 10.2. The van der Waals surface area contributed by atoms with Gasteiger partial charge in [0.25, 0.3) is 0 Å². The van der Waals surface area contributed by atoms with Crippen LogP contribution in [-0.2, 0) is 32.6 Å². The highest BCUT2D eigenvalue weighted by atomic mass is 32.1. The molecule has 0 saturated carbocycles. The zero-order valence-corrected chi connectivity index (χ0v) is 19.2. The van der Waals surface area contributed by atoms with Crippen molar-refractivity contribution in [1.82, 2.24) is 0 Å². The minimum atomic E-state index is -4.60. The Kier molecular flexibility index (Phi) is 9.24. The Morgan fingerprint density at radius 3 is 2.03 bits per heavy atom. The molecule has 0 aliphatic heterocycles. The lowest BCUT2D eigenvalue weighted by Gasteiger charge is -2.22. The van der Waals surface area contributed by atoms with Gasteiger partial charge in [-0.1, -0.05) is 6.07 Å². The zero-order valence-electron chi connectivity index (χ0n) is 17.4. The van der Waals surface area contributed by atoms with Crippen LogP contribution in [0.25, 0.3) is 10.1 Å². The molecule has 1 aromatic heterocycles. The Labute approximate surface area is 182 Å². The van der Waals surface area contributed by atoms with Crippen molar-refractivity contribution in [2.75, 3.05) is 13.6 Å². The predicted molar refractivity (Wildman–Crippen MR) is 111 cm³/mol. The maximum absolute atomic E-state index is 15.2. The summed E-state index contributed by atoms with van der Waals surface area (Å²) in [5.74, 6) is -2.24. The Bertz CT molecular complexity index is 898. The highest BCUT2D eigenvalue weighted by Crippen LogP contribution is 2.62. The average Bonchev–Trinajstić information content (AvgIpc) is 3.14. The first-order valence-corrected chi connectivity index (χ1v) is 11.8. The van der Waals surface area contributed by atoms with Gasteiger partial charge in [-0.05, 0) is 62.2 Å². The number of benzene rings is 1. The number of halogens is 1. The highest BCUT2D eigenvalue weighted by Gasteiger charge is 2.39. The SMILES string of the molecule is CC(C)OC(=O)OCOP(=O)(OCOC(=O)OC(C)C)[C@H](F)c1ccc2sccc2c1. The monoisotopic (exact) mass is 478 g/mol. The Morgan fingerprint density at radius 2 is 1.52 bits per heavy atom. The van der Waals surface area contributed by atoms with Crippen molar-refractivity contribution in [3.8, 4) is 0 Å². The lowest BCUT2D eigenvalue weighted by molar-refractivity contribution is -0.0337. The number of fused-ring (bicyclic) bond motifs is 1. The van der Waals surface area contributed by atoms with Gasteiger partial charge in [0.15, 0.2) is 0 Å². The molecular weight excluding hydrogens is 454 g/mol. The third-order valence-electron chi connectivity index (χ3n) is 3.51. The molecule has 0 amide bonds. The van der Waals surface area contributed by atoms with E-state index < -0.39 is 51.6 Å². The summed E-state index contributed by atoms with van der Waals surface area (Å²) in [5, 5.41) is 2.57. The van der Waals surface area contributed by atoms with Crippen LogP contribution in [0.2, 0.25) is 0 Å². The van der Waals surface area contributed by atoms with Crippen LogP contribution in [0.4, 0.5) is 14.0 Å². The second kappa shape index (κ2) is 11.4. The second-order valence-corrected chi connectivity index (χ2v) is 9.71. The second-order valence-electron chi connectivity index (χ2n) is 6.71. The molecule has 31 heavy (non-hydrogen) atoms. The number of alkyl halides is 1. The summed E-state index contributed by atoms with van der Waals surface area (Å²) >= 11 is 1.46. The molecule has 0 radical (unpaired) electrons. The van der Waals surface area contributed by atoms with E-state index in [0.29, 0.717) is 0 Å². The topological polar surface area (TPSA) is 107 Å². The van der Waals surface area contributed by atoms with Crippen LogP contribution >= 0.6 is 18.9 Å². The Morgan fingerprint density at radius 1 is 0.968 bits per heavy atom. The molecule has 0 aliphatic carbocycles. The molecule has 0 unspecified atom stereocenters. The smallest absolute Gasteiger partial charge is 0.432 e. The highest BCUT2D eigenvalue weighted by molar-refractivity contribution is 7.54. The van der Waals surface area contributed by atoms with Gasteiger partial charge in [-0.3, -0.25) is 13.6 Å². The minimum Gasteiger partial charge on any atom is -0.432 e. The van der Waals surface area contributed by atoms with Gasteiger partial charge in [-0.15, -0.1) is 11.3 Å². The van der Waals surface area contributed by atoms with E-state index in [4.69, 9.17) is 18.5 Å². The zero-order chi connectivity index (χ0) is 23.0. The molecule has 0 bridgehead atoms. The largest absolute Gasteiger partial charge is 0.510 e. The summed E-state index contributed by atoms with van der Waals surface area (Å²) in [6.07, 6.45) is -3.09. The van der Waals surface area contributed by atoms with Gasteiger partial charge in [0.05, 0.1) is 12.2 Å². The van der Waals surface area contributed by atoms with E-state index in [1.165, 1.54) is 23.5 Å². The third kappa shape index (κ3) is 7.77. The fourth-order valence-corrected chi connectivity index (χ4v) is 4.27. The van der Waals surface area contributed by atoms with Crippen molar-refractivity contribution < 1.29 is 46.5 Å². The number of ether oxygens (including phenoxy) is 4. The van der Waals surface area contributed by atoms with E-state index in [0.717, 1.165) is 10.1 Å². The maximum Gasteiger partial charge on any atom is 0.510 e. The van der Waals surface area contributed by atoms with E-state index in [-0.39, 0.29) is 5.56 Å². The Balaban J connectivity index is 2.10. The van der Waals surface area contributed by atoms with Crippen molar-refractivity contribution in [2.24, 2.45) is 0 Å². The molecule has 1 heterocycles. The van der Waals surface area contributed by atoms with E-state index in [1.54, 1.807) is 39.8 Å². The molecular formula is C19H24FO9PS. The quantitative estimate of drug-likeness (QED) is 0.226. The summed E-state index contributed by atoms with van der Waals surface area (Å²) in [5.41, 5.74) is 0.0174. The van der Waals surface area contributed by atoms with Crippen LogP contribution in [0, 0.1) is 0 Å². The van der Waals surface area contributed by atoms with Gasteiger partial charge in [0, 0.05) is 4.70 Å². The minimum absolute atomic E-state index is 0.0174. The van der Waals surface area contributed by atoms with E-state index in [1.807, 2.05) is 5.38 Å². The molecule has 172 valence electrons. The van der Waals surface area contributed by atoms with Crippen molar-refractivity contribution in [1.29, 1.82) is 0 Å². The summed E-state index contributed by atoms with van der Waals surface area (Å²) in [4.78, 5) is 22.9. The summed E-state index contributed by atoms with van der Waals surface area (Å²) in [6.45, 7) is 4.59. The molecule has 2 aromatic rings. The standard InChI is InChI=1S/C19H24FO9PS/c1-12(2)28-18(21)24-10-26-30(23,27-11-25-19(22)29-13(3)4)17(20)15-5-6-16-14(9-15)7-8-31-16/h5-9,12-13,17H,10-11H2,1-4H3/t17-/m0/s1. The van der Waals surface area contributed by atoms with E-state index >= 15 is 4.39 Å². The van der Waals surface area contributed by atoms with Crippen molar-refractivity contribution >= 4 is 41.3 Å². The third-order valence-corrected chi connectivity index (χ3v) is 6.19. The number of carbonyl (C=O) groups excluding carboxylic acids is 2.